The van der Waals surface area contributed by atoms with Crippen LogP contribution in [0.4, 0.5) is 11.4 Å². The van der Waals surface area contributed by atoms with Crippen molar-refractivity contribution in [2.45, 2.75) is 44.8 Å². The fraction of sp³-hybridized carbons (Fsp3) is 0.533. The number of nitrogens with two attached hydrogens (primary N) is 1. The molecule has 1 aromatic rings. The fourth-order valence-corrected chi connectivity index (χ4v) is 2.51. The highest BCUT2D eigenvalue weighted by molar-refractivity contribution is 5.92. The molecule has 5 nitrogen and oxygen atoms in total. The van der Waals surface area contributed by atoms with Gasteiger partial charge in [-0.15, -0.1) is 0 Å². The van der Waals surface area contributed by atoms with E-state index in [0.29, 0.717) is 17.9 Å². The number of anilines is 2. The zero-order valence-corrected chi connectivity index (χ0v) is 11.8. The zero-order chi connectivity index (χ0) is 14.5. The van der Waals surface area contributed by atoms with E-state index in [9.17, 15) is 9.90 Å². The van der Waals surface area contributed by atoms with Crippen LogP contribution in [0.5, 0.6) is 0 Å². The van der Waals surface area contributed by atoms with E-state index in [4.69, 9.17) is 10.5 Å². The summed E-state index contributed by atoms with van der Waals surface area (Å²) in [5, 5.41) is 13.2. The molecule has 1 aromatic carbocycles. The topological polar surface area (TPSA) is 84.6 Å². The second kappa shape index (κ2) is 6.61. The summed E-state index contributed by atoms with van der Waals surface area (Å²) >= 11 is 0. The monoisotopic (exact) mass is 278 g/mol. The van der Waals surface area contributed by atoms with Crippen LogP contribution in [0, 0.1) is 0 Å². The molecule has 2 rings (SSSR count). The molecule has 0 heterocycles. The predicted molar refractivity (Wildman–Crippen MR) is 78.7 cm³/mol. The quantitative estimate of drug-likeness (QED) is 0.580. The molecule has 5 heteroatoms. The highest BCUT2D eigenvalue weighted by Crippen LogP contribution is 2.26. The number of aliphatic hydroxyl groups excluding tert-OH is 1. The molecule has 1 saturated carbocycles. The summed E-state index contributed by atoms with van der Waals surface area (Å²) in [6, 6.07) is 5.09. The van der Waals surface area contributed by atoms with E-state index in [0.717, 1.165) is 31.4 Å². The Labute approximate surface area is 119 Å². The first-order chi connectivity index (χ1) is 9.61. The first kappa shape index (κ1) is 14.7. The first-order valence-electron chi connectivity index (χ1n) is 7.13. The lowest BCUT2D eigenvalue weighted by atomic mass is 9.92. The number of hydrogen-bond donors (Lipinski definition) is 3. The highest BCUT2D eigenvalue weighted by atomic mass is 16.5. The van der Waals surface area contributed by atoms with Crippen LogP contribution in [0.15, 0.2) is 18.2 Å². The third kappa shape index (κ3) is 3.42. The van der Waals surface area contributed by atoms with Gasteiger partial charge in [-0.3, -0.25) is 0 Å². The zero-order valence-electron chi connectivity index (χ0n) is 11.8. The van der Waals surface area contributed by atoms with Gasteiger partial charge in [-0.1, -0.05) is 12.8 Å². The number of esters is 1. The molecule has 110 valence electrons. The fourth-order valence-electron chi connectivity index (χ4n) is 2.51. The highest BCUT2D eigenvalue weighted by Gasteiger charge is 2.23. The minimum atomic E-state index is -0.372. The van der Waals surface area contributed by atoms with Gasteiger partial charge in [-0.25, -0.2) is 4.79 Å². The van der Waals surface area contributed by atoms with Gasteiger partial charge in [0.25, 0.3) is 0 Å². The smallest absolute Gasteiger partial charge is 0.338 e. The van der Waals surface area contributed by atoms with E-state index in [1.165, 1.54) is 0 Å². The molecule has 1 aliphatic carbocycles. The van der Waals surface area contributed by atoms with E-state index in [-0.39, 0.29) is 18.1 Å². The van der Waals surface area contributed by atoms with Gasteiger partial charge in [-0.05, 0) is 38.0 Å². The van der Waals surface area contributed by atoms with Gasteiger partial charge >= 0.3 is 5.97 Å². The summed E-state index contributed by atoms with van der Waals surface area (Å²) in [4.78, 5) is 11.6. The van der Waals surface area contributed by atoms with Crippen molar-refractivity contribution in [2.24, 2.45) is 0 Å². The summed E-state index contributed by atoms with van der Waals surface area (Å²) in [6.45, 7) is 2.11. The molecule has 0 bridgehead atoms. The van der Waals surface area contributed by atoms with Crippen LogP contribution >= 0.6 is 0 Å². The SMILES string of the molecule is CCOC(=O)c1ccc(NC2CCCCC2O)c(N)c1. The van der Waals surface area contributed by atoms with Crippen LogP contribution in [-0.4, -0.2) is 29.8 Å². The number of aliphatic hydroxyl groups is 1. The van der Waals surface area contributed by atoms with Crippen molar-refractivity contribution < 1.29 is 14.6 Å². The van der Waals surface area contributed by atoms with Crippen molar-refractivity contribution in [3.8, 4) is 0 Å². The summed E-state index contributed by atoms with van der Waals surface area (Å²) in [5.41, 5.74) is 7.66. The largest absolute Gasteiger partial charge is 0.462 e. The number of hydrogen-bond acceptors (Lipinski definition) is 5. The van der Waals surface area contributed by atoms with Crippen LogP contribution in [0.2, 0.25) is 0 Å². The minimum absolute atomic E-state index is 0.0273. The third-order valence-corrected chi connectivity index (χ3v) is 3.63. The molecular formula is C15H22N2O3. The second-order valence-corrected chi connectivity index (χ2v) is 5.13. The molecule has 1 aliphatic rings. The van der Waals surface area contributed by atoms with Crippen LogP contribution < -0.4 is 11.1 Å². The standard InChI is InChI=1S/C15H22N2O3/c1-2-20-15(19)10-7-8-12(11(16)9-10)17-13-5-3-4-6-14(13)18/h7-9,13-14,17-18H,2-6,16H2,1H3. The van der Waals surface area contributed by atoms with E-state index in [2.05, 4.69) is 5.32 Å². The van der Waals surface area contributed by atoms with Gasteiger partial charge in [0.1, 0.15) is 0 Å². The number of rotatable bonds is 4. The third-order valence-electron chi connectivity index (χ3n) is 3.63. The average Bonchev–Trinajstić information content (AvgIpc) is 2.43. The maximum absolute atomic E-state index is 11.6. The van der Waals surface area contributed by atoms with Gasteiger partial charge in [0, 0.05) is 0 Å². The molecular weight excluding hydrogens is 256 g/mol. The molecule has 20 heavy (non-hydrogen) atoms. The minimum Gasteiger partial charge on any atom is -0.462 e. The van der Waals surface area contributed by atoms with E-state index in [1.54, 1.807) is 25.1 Å². The van der Waals surface area contributed by atoms with E-state index in [1.807, 2.05) is 0 Å². The molecule has 1 fully saturated rings. The Morgan fingerprint density at radius 3 is 2.85 bits per heavy atom. The predicted octanol–water partition coefficient (Wildman–Crippen LogP) is 2.16. The maximum atomic E-state index is 11.6. The summed E-state index contributed by atoms with van der Waals surface area (Å²) in [7, 11) is 0. The summed E-state index contributed by atoms with van der Waals surface area (Å²) in [5.74, 6) is -0.372. The van der Waals surface area contributed by atoms with Crippen molar-refractivity contribution in [3.63, 3.8) is 0 Å². The summed E-state index contributed by atoms with van der Waals surface area (Å²) in [6.07, 6.45) is 3.58. The van der Waals surface area contributed by atoms with Crippen molar-refractivity contribution in [2.75, 3.05) is 17.7 Å². The molecule has 0 radical (unpaired) electrons. The van der Waals surface area contributed by atoms with Gasteiger partial charge in [0.2, 0.25) is 0 Å². The lowest BCUT2D eigenvalue weighted by molar-refractivity contribution is 0.0526. The van der Waals surface area contributed by atoms with E-state index >= 15 is 0 Å². The molecule has 2 unspecified atom stereocenters. The van der Waals surface area contributed by atoms with Gasteiger partial charge in [0.05, 0.1) is 35.7 Å². The molecule has 0 aliphatic heterocycles. The first-order valence-corrected chi connectivity index (χ1v) is 7.13. The maximum Gasteiger partial charge on any atom is 0.338 e. The van der Waals surface area contributed by atoms with Crippen molar-refractivity contribution in [3.05, 3.63) is 23.8 Å². The Morgan fingerprint density at radius 1 is 1.45 bits per heavy atom. The van der Waals surface area contributed by atoms with E-state index < -0.39 is 0 Å². The Hall–Kier alpha value is -1.75. The number of carbonyl (C=O) groups excluding carboxylic acids is 1. The normalized spacial score (nSPS) is 22.3. The molecule has 0 spiro atoms. The second-order valence-electron chi connectivity index (χ2n) is 5.13. The van der Waals surface area contributed by atoms with Crippen molar-refractivity contribution >= 4 is 17.3 Å². The average molecular weight is 278 g/mol. The van der Waals surface area contributed by atoms with Crippen LogP contribution in [-0.2, 0) is 4.74 Å². The molecule has 2 atom stereocenters. The van der Waals surface area contributed by atoms with Crippen LogP contribution in [0.3, 0.4) is 0 Å². The van der Waals surface area contributed by atoms with Crippen molar-refractivity contribution in [1.29, 1.82) is 0 Å². The van der Waals surface area contributed by atoms with Crippen LogP contribution in [0.25, 0.3) is 0 Å². The number of nitrogens with one attached hydrogen (secondary N) is 1. The molecule has 0 amide bonds. The number of benzene rings is 1. The Kier molecular flexibility index (Phi) is 4.84. The number of ether oxygens (including phenoxy) is 1. The Balaban J connectivity index is 2.07. The molecule has 4 N–H and O–H groups in total. The lowest BCUT2D eigenvalue weighted by Gasteiger charge is -2.29. The van der Waals surface area contributed by atoms with Gasteiger partial charge in [-0.2, -0.15) is 0 Å². The number of carbonyl (C=O) groups is 1. The lowest BCUT2D eigenvalue weighted by Crippen LogP contribution is -2.36. The van der Waals surface area contributed by atoms with Crippen molar-refractivity contribution in [1.82, 2.24) is 0 Å². The van der Waals surface area contributed by atoms with Crippen LogP contribution in [0.1, 0.15) is 43.0 Å². The molecule has 0 aromatic heterocycles. The number of nitrogen functional groups attached to an aromatic ring is 1. The molecule has 0 saturated heterocycles. The van der Waals surface area contributed by atoms with Gasteiger partial charge < -0.3 is 20.9 Å². The Morgan fingerprint density at radius 2 is 2.20 bits per heavy atom. The Bertz CT molecular complexity index is 476. The summed E-state index contributed by atoms with van der Waals surface area (Å²) < 4.78 is 4.93. The van der Waals surface area contributed by atoms with Gasteiger partial charge in [0.15, 0.2) is 0 Å².